The molecule has 1 rings (SSSR count). The van der Waals surface area contributed by atoms with Crippen LogP contribution in [-0.4, -0.2) is 62.0 Å². The summed E-state index contributed by atoms with van der Waals surface area (Å²) in [4.78, 5) is 4.89. The molecule has 0 spiro atoms. The average molecular weight is 374 g/mol. The molecule has 5 nitrogen and oxygen atoms in total. The van der Waals surface area contributed by atoms with Gasteiger partial charge in [0.05, 0.1) is 12.6 Å². The number of nitrogens with zero attached hydrogens (tertiary/aromatic N) is 1. The second kappa shape index (κ2) is 12.8. The first-order valence-corrected chi connectivity index (χ1v) is 10.9. The molecule has 1 heterocycles. The Kier molecular flexibility index (Phi) is 11.6. The first-order valence-electron chi connectivity index (χ1n) is 9.92. The van der Waals surface area contributed by atoms with Crippen LogP contribution in [0.15, 0.2) is 4.99 Å². The number of rotatable bonds is 11. The van der Waals surface area contributed by atoms with E-state index in [1.54, 1.807) is 0 Å². The fourth-order valence-electron chi connectivity index (χ4n) is 3.12. The number of ether oxygens (including phenoxy) is 2. The molecule has 25 heavy (non-hydrogen) atoms. The summed E-state index contributed by atoms with van der Waals surface area (Å²) in [5.74, 6) is 2.58. The maximum absolute atomic E-state index is 5.83. The molecule has 1 fully saturated rings. The van der Waals surface area contributed by atoms with Gasteiger partial charge in [-0.1, -0.05) is 20.8 Å². The molecule has 6 heteroatoms. The molecule has 0 radical (unpaired) electrons. The number of hydrogen-bond acceptors (Lipinski definition) is 4. The van der Waals surface area contributed by atoms with Crippen LogP contribution < -0.4 is 10.6 Å². The average Bonchev–Trinajstić information content (AvgIpc) is 2.60. The van der Waals surface area contributed by atoms with Crippen molar-refractivity contribution in [2.75, 3.05) is 45.2 Å². The predicted molar refractivity (Wildman–Crippen MR) is 110 cm³/mol. The van der Waals surface area contributed by atoms with Gasteiger partial charge in [0.1, 0.15) is 0 Å². The van der Waals surface area contributed by atoms with Crippen molar-refractivity contribution in [3.8, 4) is 0 Å². The quantitative estimate of drug-likeness (QED) is 0.430. The molecular weight excluding hydrogens is 334 g/mol. The molecule has 1 unspecified atom stereocenters. The van der Waals surface area contributed by atoms with Crippen molar-refractivity contribution in [1.82, 2.24) is 10.6 Å². The SMILES string of the molecule is CCNC(=NCC1(SCC)CCOCC1)NCCC(OCC)C(C)C. The molecule has 0 aromatic rings. The number of thioether (sulfide) groups is 1. The molecule has 0 bridgehead atoms. The van der Waals surface area contributed by atoms with E-state index in [1.165, 1.54) is 0 Å². The van der Waals surface area contributed by atoms with E-state index in [1.807, 2.05) is 11.8 Å². The minimum Gasteiger partial charge on any atom is -0.381 e. The molecule has 0 aromatic heterocycles. The summed E-state index contributed by atoms with van der Waals surface area (Å²) >= 11 is 2.04. The van der Waals surface area contributed by atoms with Crippen molar-refractivity contribution in [2.24, 2.45) is 10.9 Å². The van der Waals surface area contributed by atoms with Crippen LogP contribution in [0.5, 0.6) is 0 Å². The van der Waals surface area contributed by atoms with E-state index in [0.29, 0.717) is 12.0 Å². The Bertz CT molecular complexity index is 366. The largest absolute Gasteiger partial charge is 0.381 e. The lowest BCUT2D eigenvalue weighted by atomic mass is 9.99. The van der Waals surface area contributed by atoms with Crippen LogP contribution in [0.4, 0.5) is 0 Å². The zero-order valence-electron chi connectivity index (χ0n) is 16.9. The number of guanidine groups is 1. The molecule has 1 atom stereocenters. The Morgan fingerprint density at radius 2 is 1.92 bits per heavy atom. The van der Waals surface area contributed by atoms with Crippen LogP contribution in [0.1, 0.15) is 53.9 Å². The molecule has 0 saturated carbocycles. The van der Waals surface area contributed by atoms with Crippen molar-refractivity contribution in [1.29, 1.82) is 0 Å². The van der Waals surface area contributed by atoms with Gasteiger partial charge in [0, 0.05) is 37.7 Å². The van der Waals surface area contributed by atoms with Crippen LogP contribution in [0, 0.1) is 5.92 Å². The van der Waals surface area contributed by atoms with Gasteiger partial charge >= 0.3 is 0 Å². The Balaban J connectivity index is 2.57. The number of hydrogen-bond donors (Lipinski definition) is 2. The summed E-state index contributed by atoms with van der Waals surface area (Å²) < 4.78 is 11.6. The van der Waals surface area contributed by atoms with Gasteiger partial charge < -0.3 is 20.1 Å². The molecule has 0 aromatic carbocycles. The van der Waals surface area contributed by atoms with Crippen LogP contribution in [0.2, 0.25) is 0 Å². The van der Waals surface area contributed by atoms with E-state index in [9.17, 15) is 0 Å². The van der Waals surface area contributed by atoms with Crippen molar-refractivity contribution in [2.45, 2.75) is 64.7 Å². The van der Waals surface area contributed by atoms with E-state index < -0.39 is 0 Å². The van der Waals surface area contributed by atoms with Gasteiger partial charge in [-0.3, -0.25) is 4.99 Å². The standard InChI is InChI=1S/C19H39N3O2S/c1-6-20-18(21-12-9-17(16(4)5)24-7-2)22-15-19(25-8-3)10-13-23-14-11-19/h16-17H,6-15H2,1-5H3,(H2,20,21,22). The molecule has 1 aliphatic rings. The smallest absolute Gasteiger partial charge is 0.191 e. The molecule has 1 aliphatic heterocycles. The van der Waals surface area contributed by atoms with Crippen LogP contribution >= 0.6 is 11.8 Å². The molecule has 2 N–H and O–H groups in total. The minimum atomic E-state index is 0.237. The van der Waals surface area contributed by atoms with Crippen LogP contribution in [-0.2, 0) is 9.47 Å². The van der Waals surface area contributed by atoms with Crippen LogP contribution in [0.25, 0.3) is 0 Å². The highest BCUT2D eigenvalue weighted by molar-refractivity contribution is 8.00. The van der Waals surface area contributed by atoms with E-state index in [0.717, 1.165) is 70.4 Å². The maximum atomic E-state index is 5.83. The Morgan fingerprint density at radius 3 is 2.48 bits per heavy atom. The van der Waals surface area contributed by atoms with Crippen molar-refractivity contribution < 1.29 is 9.47 Å². The van der Waals surface area contributed by atoms with Gasteiger partial charge in [0.25, 0.3) is 0 Å². The lowest BCUT2D eigenvalue weighted by Crippen LogP contribution is -2.42. The molecule has 1 saturated heterocycles. The lowest BCUT2D eigenvalue weighted by Gasteiger charge is -2.35. The normalized spacial score (nSPS) is 19.0. The van der Waals surface area contributed by atoms with Gasteiger partial charge in [-0.15, -0.1) is 0 Å². The second-order valence-electron chi connectivity index (χ2n) is 6.88. The predicted octanol–water partition coefficient (Wildman–Crippen LogP) is 3.30. The van der Waals surface area contributed by atoms with Gasteiger partial charge in [-0.2, -0.15) is 11.8 Å². The topological polar surface area (TPSA) is 54.9 Å². The molecule has 0 amide bonds. The first-order chi connectivity index (χ1) is 12.1. The summed E-state index contributed by atoms with van der Waals surface area (Å²) in [5.41, 5.74) is 0. The van der Waals surface area contributed by atoms with Crippen molar-refractivity contribution in [3.63, 3.8) is 0 Å². The zero-order valence-corrected chi connectivity index (χ0v) is 17.7. The van der Waals surface area contributed by atoms with Gasteiger partial charge in [0.2, 0.25) is 0 Å². The highest BCUT2D eigenvalue weighted by atomic mass is 32.2. The maximum Gasteiger partial charge on any atom is 0.191 e. The van der Waals surface area contributed by atoms with E-state index >= 15 is 0 Å². The summed E-state index contributed by atoms with van der Waals surface area (Å²) in [7, 11) is 0. The Morgan fingerprint density at radius 1 is 1.20 bits per heavy atom. The third kappa shape index (κ3) is 8.65. The minimum absolute atomic E-state index is 0.237. The van der Waals surface area contributed by atoms with E-state index in [-0.39, 0.29) is 4.75 Å². The Labute approximate surface area is 159 Å². The van der Waals surface area contributed by atoms with Crippen LogP contribution in [0.3, 0.4) is 0 Å². The van der Waals surface area contributed by atoms with E-state index in [2.05, 4.69) is 45.3 Å². The summed E-state index contributed by atoms with van der Waals surface area (Å²) in [6.07, 6.45) is 3.49. The summed E-state index contributed by atoms with van der Waals surface area (Å²) in [6, 6.07) is 0. The van der Waals surface area contributed by atoms with E-state index in [4.69, 9.17) is 14.5 Å². The van der Waals surface area contributed by atoms with Gasteiger partial charge in [0.15, 0.2) is 5.96 Å². The number of aliphatic imine (C=N–C) groups is 1. The lowest BCUT2D eigenvalue weighted by molar-refractivity contribution is 0.0258. The van der Waals surface area contributed by atoms with Gasteiger partial charge in [-0.25, -0.2) is 0 Å². The second-order valence-corrected chi connectivity index (χ2v) is 8.61. The molecule has 0 aliphatic carbocycles. The molecular formula is C19H39N3O2S. The number of nitrogens with one attached hydrogen (secondary N) is 2. The monoisotopic (exact) mass is 373 g/mol. The highest BCUT2D eigenvalue weighted by Gasteiger charge is 2.32. The first kappa shape index (κ1) is 22.6. The molecule has 148 valence electrons. The summed E-state index contributed by atoms with van der Waals surface area (Å²) in [5, 5.41) is 6.86. The third-order valence-corrected chi connectivity index (χ3v) is 6.01. The third-order valence-electron chi connectivity index (χ3n) is 4.57. The van der Waals surface area contributed by atoms with Gasteiger partial charge in [-0.05, 0) is 44.8 Å². The fourth-order valence-corrected chi connectivity index (χ4v) is 4.34. The van der Waals surface area contributed by atoms with Crippen molar-refractivity contribution in [3.05, 3.63) is 0 Å². The summed E-state index contributed by atoms with van der Waals surface area (Å²) in [6.45, 7) is 15.9. The fraction of sp³-hybridized carbons (Fsp3) is 0.947. The zero-order chi connectivity index (χ0) is 18.5. The van der Waals surface area contributed by atoms with Crippen molar-refractivity contribution >= 4 is 17.7 Å². The highest BCUT2D eigenvalue weighted by Crippen LogP contribution is 2.35. The Hall–Kier alpha value is -0.460.